The summed E-state index contributed by atoms with van der Waals surface area (Å²) >= 11 is 6.37. The van der Waals surface area contributed by atoms with E-state index < -0.39 is 0 Å². The number of hydrogen-bond donors (Lipinski definition) is 0. The van der Waals surface area contributed by atoms with Gasteiger partial charge in [-0.2, -0.15) is 0 Å². The molecule has 2 aromatic carbocycles. The molecule has 0 radical (unpaired) electrons. The molecule has 0 aromatic heterocycles. The fourth-order valence-corrected chi connectivity index (χ4v) is 3.83. The number of ketones is 1. The lowest BCUT2D eigenvalue weighted by atomic mass is 9.93. The van der Waals surface area contributed by atoms with Gasteiger partial charge in [0, 0.05) is 30.3 Å². The first-order valence-electron chi connectivity index (χ1n) is 8.84. The molecule has 1 heterocycles. The van der Waals surface area contributed by atoms with Crippen molar-refractivity contribution in [1.82, 2.24) is 4.90 Å². The number of nitrogens with zero attached hydrogens (tertiary/aromatic N) is 1. The van der Waals surface area contributed by atoms with Crippen LogP contribution in [0.5, 0.6) is 0 Å². The lowest BCUT2D eigenvalue weighted by molar-refractivity contribution is -0.113. The topological polar surface area (TPSA) is 20.3 Å². The smallest absolute Gasteiger partial charge is 0.187 e. The van der Waals surface area contributed by atoms with Gasteiger partial charge >= 0.3 is 0 Å². The molecule has 1 saturated heterocycles. The van der Waals surface area contributed by atoms with Gasteiger partial charge < -0.3 is 0 Å². The Hall–Kier alpha value is -1.63. The van der Waals surface area contributed by atoms with Gasteiger partial charge in [0.25, 0.3) is 0 Å². The highest BCUT2D eigenvalue weighted by Gasteiger charge is 2.27. The van der Waals surface area contributed by atoms with Crippen LogP contribution in [0.3, 0.4) is 0 Å². The molecule has 0 spiro atoms. The van der Waals surface area contributed by atoms with Crippen LogP contribution in [0.2, 0.25) is 0 Å². The second kappa shape index (κ2) is 8.80. The van der Waals surface area contributed by atoms with Gasteiger partial charge in [0.05, 0.1) is 8.95 Å². The second-order valence-corrected chi connectivity index (χ2v) is 8.72. The first kappa shape index (κ1) is 21.1. The molecular formula is C22H19Br2F2NO. The number of rotatable bonds is 3. The zero-order valence-corrected chi connectivity index (χ0v) is 18.6. The largest absolute Gasteiger partial charge is 0.292 e. The van der Waals surface area contributed by atoms with Crippen LogP contribution in [0.25, 0.3) is 12.2 Å². The molecule has 0 aliphatic carbocycles. The predicted molar refractivity (Wildman–Crippen MR) is 116 cm³/mol. The maximum Gasteiger partial charge on any atom is 0.187 e. The van der Waals surface area contributed by atoms with Crippen molar-refractivity contribution in [1.29, 1.82) is 0 Å². The van der Waals surface area contributed by atoms with Crippen molar-refractivity contribution in [2.45, 2.75) is 19.9 Å². The van der Waals surface area contributed by atoms with Gasteiger partial charge in [0.1, 0.15) is 11.6 Å². The van der Waals surface area contributed by atoms with Gasteiger partial charge in [-0.3, -0.25) is 9.69 Å². The van der Waals surface area contributed by atoms with Gasteiger partial charge in [-0.15, -0.1) is 0 Å². The Morgan fingerprint density at radius 2 is 1.32 bits per heavy atom. The molecule has 0 N–H and O–H groups in total. The van der Waals surface area contributed by atoms with Crippen LogP contribution in [-0.2, 0) is 4.79 Å². The summed E-state index contributed by atoms with van der Waals surface area (Å²) in [5.41, 5.74) is 2.80. The number of halogens is 4. The van der Waals surface area contributed by atoms with Crippen LogP contribution < -0.4 is 0 Å². The molecule has 2 aromatic rings. The van der Waals surface area contributed by atoms with E-state index in [0.29, 0.717) is 33.2 Å². The molecule has 0 amide bonds. The second-order valence-electron chi connectivity index (χ2n) is 7.01. The Morgan fingerprint density at radius 1 is 0.893 bits per heavy atom. The van der Waals surface area contributed by atoms with E-state index in [1.165, 1.54) is 12.1 Å². The van der Waals surface area contributed by atoms with Crippen molar-refractivity contribution in [3.63, 3.8) is 0 Å². The highest BCUT2D eigenvalue weighted by atomic mass is 79.9. The van der Waals surface area contributed by atoms with Gasteiger partial charge in [0.15, 0.2) is 5.78 Å². The van der Waals surface area contributed by atoms with Crippen molar-refractivity contribution in [3.8, 4) is 0 Å². The van der Waals surface area contributed by atoms with E-state index in [0.717, 1.165) is 11.1 Å². The standard InChI is InChI=1S/C22H19Br2F2NO/c1-13(2)27-11-16(7-14-3-5-20(25)18(23)9-14)22(28)17(12-27)8-15-4-6-21(26)19(24)10-15/h3-10,13H,11-12H2,1-2H3. The summed E-state index contributed by atoms with van der Waals surface area (Å²) in [6.45, 7) is 5.20. The highest BCUT2D eigenvalue weighted by Crippen LogP contribution is 2.26. The van der Waals surface area contributed by atoms with E-state index in [4.69, 9.17) is 0 Å². The van der Waals surface area contributed by atoms with Crippen molar-refractivity contribution in [3.05, 3.63) is 79.3 Å². The third-order valence-electron chi connectivity index (χ3n) is 4.63. The summed E-state index contributed by atoms with van der Waals surface area (Å²) in [5, 5.41) is 0. The van der Waals surface area contributed by atoms with Crippen molar-refractivity contribution in [2.24, 2.45) is 0 Å². The molecule has 3 rings (SSSR count). The van der Waals surface area contributed by atoms with Crippen LogP contribution >= 0.6 is 31.9 Å². The monoisotopic (exact) mass is 509 g/mol. The molecule has 2 nitrogen and oxygen atoms in total. The summed E-state index contributed by atoms with van der Waals surface area (Å²) in [5.74, 6) is -0.732. The van der Waals surface area contributed by atoms with Crippen molar-refractivity contribution < 1.29 is 13.6 Å². The minimum absolute atomic E-state index is 0.0437. The summed E-state index contributed by atoms with van der Waals surface area (Å²) in [6, 6.07) is 9.60. The molecule has 0 atom stereocenters. The van der Waals surface area contributed by atoms with E-state index in [2.05, 4.69) is 50.6 Å². The summed E-state index contributed by atoms with van der Waals surface area (Å²) in [7, 11) is 0. The average molecular weight is 511 g/mol. The van der Waals surface area contributed by atoms with Crippen LogP contribution in [0.4, 0.5) is 8.78 Å². The summed E-state index contributed by atoms with van der Waals surface area (Å²) in [6.07, 6.45) is 3.60. The highest BCUT2D eigenvalue weighted by molar-refractivity contribution is 9.10. The number of carbonyl (C=O) groups excluding carboxylic acids is 1. The Morgan fingerprint density at radius 3 is 1.68 bits per heavy atom. The summed E-state index contributed by atoms with van der Waals surface area (Å²) < 4.78 is 27.7. The minimum Gasteiger partial charge on any atom is -0.292 e. The van der Waals surface area contributed by atoms with Crippen LogP contribution in [-0.4, -0.2) is 29.8 Å². The number of carbonyl (C=O) groups is 1. The molecule has 1 fully saturated rings. The third-order valence-corrected chi connectivity index (χ3v) is 5.84. The number of benzene rings is 2. The molecular weight excluding hydrogens is 492 g/mol. The molecule has 1 aliphatic rings. The van der Waals surface area contributed by atoms with Crippen LogP contribution in [0.15, 0.2) is 56.5 Å². The maximum atomic E-state index is 13.5. The summed E-state index contributed by atoms with van der Waals surface area (Å²) in [4.78, 5) is 15.3. The molecule has 0 unspecified atom stereocenters. The fraction of sp³-hybridized carbons (Fsp3) is 0.227. The quantitative estimate of drug-likeness (QED) is 0.455. The third kappa shape index (κ3) is 4.85. The van der Waals surface area contributed by atoms with Crippen LogP contribution in [0.1, 0.15) is 25.0 Å². The molecule has 1 aliphatic heterocycles. The first-order chi connectivity index (χ1) is 13.2. The van der Waals surface area contributed by atoms with Gasteiger partial charge in [0.2, 0.25) is 0 Å². The van der Waals surface area contributed by atoms with E-state index in [1.807, 2.05) is 0 Å². The van der Waals surface area contributed by atoms with Crippen molar-refractivity contribution in [2.75, 3.05) is 13.1 Å². The van der Waals surface area contributed by atoms with E-state index >= 15 is 0 Å². The Labute approximate surface area is 180 Å². The van der Waals surface area contributed by atoms with Crippen molar-refractivity contribution >= 4 is 49.8 Å². The Bertz CT molecular complexity index is 909. The number of Topliss-reactive ketones (excluding diaryl/α,β-unsaturated/α-hetero) is 1. The van der Waals surface area contributed by atoms with E-state index in [9.17, 15) is 13.6 Å². The molecule has 146 valence electrons. The SMILES string of the molecule is CC(C)N1CC(=Cc2ccc(F)c(Br)c2)C(=O)C(=Cc2ccc(F)c(Br)c2)C1. The first-order valence-corrected chi connectivity index (χ1v) is 10.4. The number of hydrogen-bond acceptors (Lipinski definition) is 2. The van der Waals surface area contributed by atoms with E-state index in [1.54, 1.807) is 36.4 Å². The van der Waals surface area contributed by atoms with Gasteiger partial charge in [-0.25, -0.2) is 8.78 Å². The normalized spacial score (nSPS) is 18.5. The molecule has 0 saturated carbocycles. The van der Waals surface area contributed by atoms with E-state index in [-0.39, 0.29) is 23.5 Å². The lowest BCUT2D eigenvalue weighted by Gasteiger charge is -2.32. The zero-order valence-electron chi connectivity index (χ0n) is 15.5. The Balaban J connectivity index is 1.99. The fourth-order valence-electron chi connectivity index (χ4n) is 3.04. The predicted octanol–water partition coefficient (Wildman–Crippen LogP) is 6.25. The Kier molecular flexibility index (Phi) is 6.63. The van der Waals surface area contributed by atoms with Gasteiger partial charge in [-0.05, 0) is 93.3 Å². The number of piperidine rings is 1. The lowest BCUT2D eigenvalue weighted by Crippen LogP contribution is -2.41. The molecule has 6 heteroatoms. The molecule has 0 bridgehead atoms. The maximum absolute atomic E-state index is 13.5. The molecule has 28 heavy (non-hydrogen) atoms. The van der Waals surface area contributed by atoms with Gasteiger partial charge in [-0.1, -0.05) is 12.1 Å². The number of likely N-dealkylation sites (tertiary alicyclic amines) is 1. The average Bonchev–Trinajstić information content (AvgIpc) is 2.64. The minimum atomic E-state index is -0.344. The zero-order chi connectivity index (χ0) is 20.4. The van der Waals surface area contributed by atoms with Crippen LogP contribution in [0, 0.1) is 11.6 Å².